The number of aliphatic hydroxyl groups excluding tert-OH is 1. The summed E-state index contributed by atoms with van der Waals surface area (Å²) in [6, 6.07) is 0. The maximum Gasteiger partial charge on any atom is 0.0468 e. The van der Waals surface area contributed by atoms with Gasteiger partial charge in [0.25, 0.3) is 0 Å². The van der Waals surface area contributed by atoms with Crippen molar-refractivity contribution in [1.29, 1.82) is 0 Å². The van der Waals surface area contributed by atoms with Crippen molar-refractivity contribution >= 4 is 0 Å². The van der Waals surface area contributed by atoms with Gasteiger partial charge in [0.2, 0.25) is 0 Å². The lowest BCUT2D eigenvalue weighted by molar-refractivity contribution is 0.234. The zero-order chi connectivity index (χ0) is 14.9. The first-order chi connectivity index (χ1) is 9.81. The molecule has 0 heterocycles. The van der Waals surface area contributed by atoms with Crippen LogP contribution in [0.1, 0.15) is 33.1 Å². The van der Waals surface area contributed by atoms with Crippen LogP contribution < -0.4 is 21.3 Å². The zero-order valence-electron chi connectivity index (χ0n) is 13.5. The van der Waals surface area contributed by atoms with Crippen molar-refractivity contribution in [3.8, 4) is 0 Å². The minimum absolute atomic E-state index is 0.271. The number of aliphatic hydroxyl groups is 1. The SMILES string of the molecule is CCNCCCNCCCNCCCNC[C@H](C)CO. The van der Waals surface area contributed by atoms with E-state index in [1.165, 1.54) is 12.8 Å². The van der Waals surface area contributed by atoms with Crippen LogP contribution in [0, 0.1) is 5.92 Å². The highest BCUT2D eigenvalue weighted by Crippen LogP contribution is 1.88. The minimum atomic E-state index is 0.271. The van der Waals surface area contributed by atoms with E-state index in [2.05, 4.69) is 35.1 Å². The summed E-state index contributed by atoms with van der Waals surface area (Å²) in [6.45, 7) is 13.0. The highest BCUT2D eigenvalue weighted by molar-refractivity contribution is 4.57. The predicted octanol–water partition coefficient (Wildman–Crippen LogP) is 0.163. The van der Waals surface area contributed by atoms with Gasteiger partial charge in [0.05, 0.1) is 0 Å². The average Bonchev–Trinajstić information content (AvgIpc) is 2.47. The molecule has 0 saturated heterocycles. The van der Waals surface area contributed by atoms with E-state index in [1.54, 1.807) is 0 Å². The van der Waals surface area contributed by atoms with Crippen molar-refractivity contribution in [2.45, 2.75) is 33.1 Å². The molecule has 0 amide bonds. The molecule has 0 bridgehead atoms. The number of nitrogens with one attached hydrogen (secondary N) is 4. The summed E-state index contributed by atoms with van der Waals surface area (Å²) in [5, 5.41) is 22.5. The van der Waals surface area contributed by atoms with Crippen molar-refractivity contribution < 1.29 is 5.11 Å². The third kappa shape index (κ3) is 15.9. The minimum Gasteiger partial charge on any atom is -0.396 e. The van der Waals surface area contributed by atoms with Crippen LogP contribution in [-0.2, 0) is 0 Å². The summed E-state index contributed by atoms with van der Waals surface area (Å²) in [7, 11) is 0. The van der Waals surface area contributed by atoms with Gasteiger partial charge in [-0.15, -0.1) is 0 Å². The fourth-order valence-electron chi connectivity index (χ4n) is 1.85. The first kappa shape index (κ1) is 19.8. The van der Waals surface area contributed by atoms with Crippen LogP contribution in [0.5, 0.6) is 0 Å². The Labute approximate surface area is 125 Å². The highest BCUT2D eigenvalue weighted by atomic mass is 16.3. The summed E-state index contributed by atoms with van der Waals surface area (Å²) in [6.07, 6.45) is 3.55. The molecule has 0 aliphatic heterocycles. The van der Waals surface area contributed by atoms with E-state index in [1.807, 2.05) is 0 Å². The number of rotatable bonds is 16. The second kappa shape index (κ2) is 16.9. The Morgan fingerprint density at radius 1 is 0.750 bits per heavy atom. The third-order valence-corrected chi connectivity index (χ3v) is 3.18. The Morgan fingerprint density at radius 2 is 1.20 bits per heavy atom. The molecule has 122 valence electrons. The van der Waals surface area contributed by atoms with Crippen LogP contribution in [0.25, 0.3) is 0 Å². The molecule has 5 N–H and O–H groups in total. The summed E-state index contributed by atoms with van der Waals surface area (Å²) < 4.78 is 0. The van der Waals surface area contributed by atoms with E-state index in [-0.39, 0.29) is 6.61 Å². The van der Waals surface area contributed by atoms with Gasteiger partial charge in [-0.3, -0.25) is 0 Å². The van der Waals surface area contributed by atoms with Crippen molar-refractivity contribution in [2.75, 3.05) is 59.0 Å². The maximum atomic E-state index is 8.88. The molecule has 0 rings (SSSR count). The van der Waals surface area contributed by atoms with Gasteiger partial charge >= 0.3 is 0 Å². The largest absolute Gasteiger partial charge is 0.396 e. The molecule has 5 nitrogen and oxygen atoms in total. The molecule has 0 spiro atoms. The van der Waals surface area contributed by atoms with Crippen LogP contribution in [0.15, 0.2) is 0 Å². The van der Waals surface area contributed by atoms with Crippen LogP contribution in [0.4, 0.5) is 0 Å². The fraction of sp³-hybridized carbons (Fsp3) is 1.00. The lowest BCUT2D eigenvalue weighted by Crippen LogP contribution is -2.28. The molecular formula is C15H36N4O. The number of hydrogen-bond acceptors (Lipinski definition) is 5. The maximum absolute atomic E-state index is 8.88. The molecule has 5 heteroatoms. The first-order valence-electron chi connectivity index (χ1n) is 8.25. The van der Waals surface area contributed by atoms with E-state index < -0.39 is 0 Å². The van der Waals surface area contributed by atoms with Crippen LogP contribution in [-0.4, -0.2) is 64.1 Å². The molecule has 20 heavy (non-hydrogen) atoms. The molecule has 0 aromatic rings. The molecular weight excluding hydrogens is 252 g/mol. The van der Waals surface area contributed by atoms with Gasteiger partial charge < -0.3 is 26.4 Å². The quantitative estimate of drug-likeness (QED) is 0.262. The van der Waals surface area contributed by atoms with Crippen molar-refractivity contribution in [3.05, 3.63) is 0 Å². The van der Waals surface area contributed by atoms with Crippen LogP contribution >= 0.6 is 0 Å². The molecule has 0 aliphatic rings. The van der Waals surface area contributed by atoms with Gasteiger partial charge in [0.15, 0.2) is 0 Å². The van der Waals surface area contributed by atoms with Gasteiger partial charge in [-0.2, -0.15) is 0 Å². The zero-order valence-corrected chi connectivity index (χ0v) is 13.5. The lowest BCUT2D eigenvalue weighted by Gasteiger charge is -2.10. The molecule has 0 unspecified atom stereocenters. The first-order valence-corrected chi connectivity index (χ1v) is 8.25. The molecule has 0 radical (unpaired) electrons. The molecule has 0 aromatic heterocycles. The Bertz CT molecular complexity index is 181. The molecule has 1 atom stereocenters. The smallest absolute Gasteiger partial charge is 0.0468 e. The second-order valence-electron chi connectivity index (χ2n) is 5.41. The lowest BCUT2D eigenvalue weighted by atomic mass is 10.2. The van der Waals surface area contributed by atoms with Gasteiger partial charge in [-0.05, 0) is 77.5 Å². The van der Waals surface area contributed by atoms with E-state index in [4.69, 9.17) is 5.11 Å². The summed E-state index contributed by atoms with van der Waals surface area (Å²) in [5.41, 5.74) is 0. The van der Waals surface area contributed by atoms with Crippen molar-refractivity contribution in [2.24, 2.45) is 5.92 Å². The summed E-state index contributed by atoms with van der Waals surface area (Å²) >= 11 is 0. The Hall–Kier alpha value is -0.200. The van der Waals surface area contributed by atoms with Crippen LogP contribution in [0.3, 0.4) is 0 Å². The molecule has 0 aromatic carbocycles. The highest BCUT2D eigenvalue weighted by Gasteiger charge is 1.97. The molecule has 0 aliphatic carbocycles. The van der Waals surface area contributed by atoms with E-state index in [9.17, 15) is 0 Å². The topological polar surface area (TPSA) is 68.3 Å². The standard InChI is InChI=1S/C15H36N4O/c1-3-16-7-4-8-17-9-5-10-18-11-6-12-19-13-15(2)14-20/h15-20H,3-14H2,1-2H3/t15-/m0/s1. The second-order valence-corrected chi connectivity index (χ2v) is 5.41. The van der Waals surface area contributed by atoms with E-state index in [0.717, 1.165) is 58.8 Å². The monoisotopic (exact) mass is 288 g/mol. The Kier molecular flexibility index (Phi) is 16.7. The fourth-order valence-corrected chi connectivity index (χ4v) is 1.85. The normalized spacial score (nSPS) is 12.8. The molecule has 0 fully saturated rings. The Morgan fingerprint density at radius 3 is 1.65 bits per heavy atom. The van der Waals surface area contributed by atoms with Gasteiger partial charge in [0, 0.05) is 6.61 Å². The van der Waals surface area contributed by atoms with Gasteiger partial charge in [0.1, 0.15) is 0 Å². The van der Waals surface area contributed by atoms with Gasteiger partial charge in [-0.25, -0.2) is 0 Å². The summed E-state index contributed by atoms with van der Waals surface area (Å²) in [4.78, 5) is 0. The number of hydrogen-bond donors (Lipinski definition) is 5. The van der Waals surface area contributed by atoms with Crippen LogP contribution in [0.2, 0.25) is 0 Å². The molecule has 0 saturated carbocycles. The van der Waals surface area contributed by atoms with E-state index in [0.29, 0.717) is 5.92 Å². The third-order valence-electron chi connectivity index (χ3n) is 3.18. The predicted molar refractivity (Wildman–Crippen MR) is 87.3 cm³/mol. The van der Waals surface area contributed by atoms with Gasteiger partial charge in [-0.1, -0.05) is 13.8 Å². The summed E-state index contributed by atoms with van der Waals surface area (Å²) in [5.74, 6) is 0.363. The Balaban J connectivity index is 2.96. The van der Waals surface area contributed by atoms with Crippen molar-refractivity contribution in [1.82, 2.24) is 21.3 Å². The van der Waals surface area contributed by atoms with Crippen molar-refractivity contribution in [3.63, 3.8) is 0 Å². The van der Waals surface area contributed by atoms with E-state index >= 15 is 0 Å². The average molecular weight is 288 g/mol.